The number of aromatic nitrogens is 1. The van der Waals surface area contributed by atoms with E-state index in [0.717, 1.165) is 23.1 Å². The lowest BCUT2D eigenvalue weighted by atomic mass is 9.86. The van der Waals surface area contributed by atoms with Crippen molar-refractivity contribution in [3.8, 4) is 0 Å². The number of carbonyl (C=O) groups excluding carboxylic acids is 2. The molecule has 1 heterocycles. The van der Waals surface area contributed by atoms with Gasteiger partial charge in [0.05, 0.1) is 27.8 Å². The molecule has 0 radical (unpaired) electrons. The largest absolute Gasteiger partial charge is 0.452 e. The van der Waals surface area contributed by atoms with Gasteiger partial charge >= 0.3 is 5.97 Å². The van der Waals surface area contributed by atoms with Gasteiger partial charge in [-0.25, -0.2) is 14.2 Å². The zero-order valence-corrected chi connectivity index (χ0v) is 21.6. The van der Waals surface area contributed by atoms with Crippen molar-refractivity contribution in [1.82, 2.24) is 10.3 Å². The van der Waals surface area contributed by atoms with Crippen LogP contribution in [0.4, 0.5) is 4.39 Å². The number of carbonyl (C=O) groups is 2. The minimum absolute atomic E-state index is 0.227. The fourth-order valence-electron chi connectivity index (χ4n) is 4.84. The molecule has 4 aromatic rings. The fourth-order valence-corrected chi connectivity index (χ4v) is 5.06. The van der Waals surface area contributed by atoms with Gasteiger partial charge in [0.15, 0.2) is 6.61 Å². The molecule has 1 aliphatic carbocycles. The van der Waals surface area contributed by atoms with Gasteiger partial charge in [0, 0.05) is 10.9 Å². The second-order valence-corrected chi connectivity index (χ2v) is 9.67. The predicted octanol–water partition coefficient (Wildman–Crippen LogP) is 6.94. The Bertz CT molecular complexity index is 1530. The van der Waals surface area contributed by atoms with E-state index in [4.69, 9.17) is 21.3 Å². The normalized spacial score (nSPS) is 14.7. The number of halogens is 2. The maximum absolute atomic E-state index is 14.6. The second-order valence-electron chi connectivity index (χ2n) is 9.27. The molecular formula is C31H26ClFN2O3. The maximum Gasteiger partial charge on any atom is 0.339 e. The van der Waals surface area contributed by atoms with Gasteiger partial charge in [-0.3, -0.25) is 4.79 Å². The third-order valence-corrected chi connectivity index (χ3v) is 7.03. The van der Waals surface area contributed by atoms with E-state index in [1.165, 1.54) is 6.07 Å². The van der Waals surface area contributed by atoms with Crippen LogP contribution in [0.2, 0.25) is 5.02 Å². The molecule has 1 atom stereocenters. The number of fused-ring (bicyclic) bond motifs is 2. The molecule has 0 fully saturated rings. The zero-order chi connectivity index (χ0) is 26.6. The van der Waals surface area contributed by atoms with Crippen molar-refractivity contribution in [1.29, 1.82) is 0 Å². The third-order valence-electron chi connectivity index (χ3n) is 6.70. The number of nitrogens with one attached hydrogen (secondary N) is 1. The zero-order valence-electron chi connectivity index (χ0n) is 20.8. The van der Waals surface area contributed by atoms with Crippen molar-refractivity contribution < 1.29 is 18.7 Å². The Morgan fingerprint density at radius 2 is 1.82 bits per heavy atom. The van der Waals surface area contributed by atoms with Crippen molar-refractivity contribution in [3.05, 3.63) is 112 Å². The molecule has 1 N–H and O–H groups in total. The lowest BCUT2D eigenvalue weighted by molar-refractivity contribution is -0.124. The first kappa shape index (κ1) is 25.6. The van der Waals surface area contributed by atoms with E-state index in [0.29, 0.717) is 45.6 Å². The summed E-state index contributed by atoms with van der Waals surface area (Å²) in [7, 11) is 0. The molecule has 1 amide bonds. The van der Waals surface area contributed by atoms with E-state index in [2.05, 4.69) is 5.32 Å². The van der Waals surface area contributed by atoms with Crippen LogP contribution in [-0.4, -0.2) is 23.5 Å². The Morgan fingerprint density at radius 3 is 2.61 bits per heavy atom. The van der Waals surface area contributed by atoms with E-state index < -0.39 is 24.3 Å². The number of pyridine rings is 1. The predicted molar refractivity (Wildman–Crippen MR) is 147 cm³/mol. The number of amides is 1. The lowest BCUT2D eigenvalue weighted by Crippen LogP contribution is -2.31. The highest BCUT2D eigenvalue weighted by molar-refractivity contribution is 6.32. The number of rotatable bonds is 6. The summed E-state index contributed by atoms with van der Waals surface area (Å²) in [4.78, 5) is 30.9. The Morgan fingerprint density at radius 1 is 1.05 bits per heavy atom. The standard InChI is InChI=1S/C31H26ClFN2O3/c1-19(20-9-3-2-4-10-20)34-28(36)18-38-31(37)29-22-12-5-6-16-27(22)35-30-21(11-7-13-23(29)30)17-24-25(32)14-8-15-26(24)33/h2-6,8-10,12,14-17,19H,7,11,13,18H2,1H3,(H,34,36)/b21-17+/t19-/m0/s1. The summed E-state index contributed by atoms with van der Waals surface area (Å²) in [5.74, 6) is -1.41. The van der Waals surface area contributed by atoms with Crippen LogP contribution in [0.15, 0.2) is 72.8 Å². The molecule has 0 unspecified atom stereocenters. The van der Waals surface area contributed by atoms with Crippen LogP contribution >= 0.6 is 11.6 Å². The molecule has 7 heteroatoms. The maximum atomic E-state index is 14.6. The first-order chi connectivity index (χ1) is 18.4. The summed E-state index contributed by atoms with van der Waals surface area (Å²) in [6, 6.07) is 21.2. The molecule has 192 valence electrons. The highest BCUT2D eigenvalue weighted by atomic mass is 35.5. The van der Waals surface area contributed by atoms with Gasteiger partial charge in [-0.05, 0) is 67.2 Å². The monoisotopic (exact) mass is 528 g/mol. The summed E-state index contributed by atoms with van der Waals surface area (Å²) in [6.07, 6.45) is 3.74. The summed E-state index contributed by atoms with van der Waals surface area (Å²) in [6.45, 7) is 1.46. The Labute approximate surface area is 225 Å². The highest BCUT2D eigenvalue weighted by Gasteiger charge is 2.27. The third kappa shape index (κ3) is 5.31. The molecule has 3 aromatic carbocycles. The van der Waals surface area contributed by atoms with E-state index in [-0.39, 0.29) is 6.04 Å². The molecule has 5 nitrogen and oxygen atoms in total. The van der Waals surface area contributed by atoms with Gasteiger partial charge in [-0.2, -0.15) is 0 Å². The van der Waals surface area contributed by atoms with E-state index >= 15 is 0 Å². The minimum atomic E-state index is -0.590. The van der Waals surface area contributed by atoms with Gasteiger partial charge in [0.25, 0.3) is 5.91 Å². The van der Waals surface area contributed by atoms with Gasteiger partial charge in [-0.1, -0.05) is 66.2 Å². The first-order valence-corrected chi connectivity index (χ1v) is 12.9. The Balaban J connectivity index is 1.45. The molecule has 5 rings (SSSR count). The molecule has 0 spiro atoms. The number of allylic oxidation sites excluding steroid dienone is 1. The number of hydrogen-bond donors (Lipinski definition) is 1. The lowest BCUT2D eigenvalue weighted by Gasteiger charge is -2.22. The van der Waals surface area contributed by atoms with Crippen LogP contribution in [-0.2, 0) is 16.0 Å². The van der Waals surface area contributed by atoms with E-state index in [1.54, 1.807) is 18.2 Å². The number of para-hydroxylation sites is 1. The van der Waals surface area contributed by atoms with Gasteiger partial charge in [-0.15, -0.1) is 0 Å². The quantitative estimate of drug-likeness (QED) is 0.275. The van der Waals surface area contributed by atoms with Crippen molar-refractivity contribution >= 4 is 46.0 Å². The Hall–Kier alpha value is -4.03. The number of benzene rings is 3. The van der Waals surface area contributed by atoms with Gasteiger partial charge < -0.3 is 10.1 Å². The van der Waals surface area contributed by atoms with Gasteiger partial charge in [0.2, 0.25) is 0 Å². The minimum Gasteiger partial charge on any atom is -0.452 e. The molecule has 1 aromatic heterocycles. The molecule has 38 heavy (non-hydrogen) atoms. The van der Waals surface area contributed by atoms with Crippen LogP contribution in [0.25, 0.3) is 22.6 Å². The van der Waals surface area contributed by atoms with Crippen LogP contribution in [0.5, 0.6) is 0 Å². The first-order valence-electron chi connectivity index (χ1n) is 12.5. The topological polar surface area (TPSA) is 68.3 Å². The smallest absolute Gasteiger partial charge is 0.339 e. The Kier molecular flexibility index (Phi) is 7.52. The number of nitrogens with zero attached hydrogens (tertiary/aromatic N) is 1. The number of hydrogen-bond acceptors (Lipinski definition) is 4. The number of ether oxygens (including phenoxy) is 1. The molecule has 0 aliphatic heterocycles. The van der Waals surface area contributed by atoms with Crippen LogP contribution < -0.4 is 5.32 Å². The van der Waals surface area contributed by atoms with Crippen LogP contribution in [0.1, 0.15) is 58.5 Å². The second kappa shape index (κ2) is 11.2. The van der Waals surface area contributed by atoms with Crippen molar-refractivity contribution in [2.24, 2.45) is 0 Å². The van der Waals surface area contributed by atoms with E-state index in [9.17, 15) is 14.0 Å². The average molecular weight is 529 g/mol. The molecule has 0 saturated heterocycles. The van der Waals surface area contributed by atoms with Crippen molar-refractivity contribution in [3.63, 3.8) is 0 Å². The van der Waals surface area contributed by atoms with Crippen LogP contribution in [0, 0.1) is 5.82 Å². The summed E-state index contributed by atoms with van der Waals surface area (Å²) >= 11 is 6.28. The summed E-state index contributed by atoms with van der Waals surface area (Å²) in [5.41, 5.74) is 4.41. The van der Waals surface area contributed by atoms with Crippen LogP contribution in [0.3, 0.4) is 0 Å². The van der Waals surface area contributed by atoms with Crippen molar-refractivity contribution in [2.75, 3.05) is 6.61 Å². The SMILES string of the molecule is C[C@H](NC(=O)COC(=O)c1c2c(nc3ccccc13)/C(=C/c1c(F)cccc1Cl)CCC2)c1ccccc1. The molecule has 0 saturated carbocycles. The van der Waals surface area contributed by atoms with Gasteiger partial charge in [0.1, 0.15) is 5.82 Å². The summed E-state index contributed by atoms with van der Waals surface area (Å²) in [5, 5.41) is 3.82. The molecule has 1 aliphatic rings. The highest BCUT2D eigenvalue weighted by Crippen LogP contribution is 2.37. The molecule has 0 bridgehead atoms. The van der Waals surface area contributed by atoms with Crippen molar-refractivity contribution in [2.45, 2.75) is 32.2 Å². The average Bonchev–Trinajstić information content (AvgIpc) is 2.93. The molecular weight excluding hydrogens is 503 g/mol. The fraction of sp³-hybridized carbons (Fsp3) is 0.194. The van der Waals surface area contributed by atoms with E-state index in [1.807, 2.05) is 61.5 Å². The number of esters is 1. The summed E-state index contributed by atoms with van der Waals surface area (Å²) < 4.78 is 20.1.